The van der Waals surface area contributed by atoms with E-state index in [4.69, 9.17) is 9.47 Å². The van der Waals surface area contributed by atoms with Gasteiger partial charge < -0.3 is 20.1 Å². The van der Waals surface area contributed by atoms with Crippen LogP contribution in [-0.4, -0.2) is 49.6 Å². The summed E-state index contributed by atoms with van der Waals surface area (Å²) >= 11 is 0. The molecule has 0 aromatic rings. The van der Waals surface area contributed by atoms with Crippen molar-refractivity contribution in [3.63, 3.8) is 0 Å². The zero-order chi connectivity index (χ0) is 13.7. The van der Waals surface area contributed by atoms with E-state index in [0.717, 1.165) is 24.7 Å². The number of hydrogen-bond acceptors (Lipinski definition) is 4. The molecule has 0 aromatic heterocycles. The highest BCUT2D eigenvalue weighted by atomic mass is 16.6. The van der Waals surface area contributed by atoms with E-state index in [0.29, 0.717) is 18.3 Å². The molecule has 4 saturated heterocycles. The first-order valence-corrected chi connectivity index (χ1v) is 7.16. The molecule has 0 amide bonds. The Bertz CT molecular complexity index is 194. The van der Waals surface area contributed by atoms with E-state index < -0.39 is 0 Å². The Morgan fingerprint density at radius 2 is 1.11 bits per heavy atom. The molecule has 0 aliphatic carbocycles. The molecule has 4 fully saturated rings. The van der Waals surface area contributed by atoms with Crippen LogP contribution in [0.3, 0.4) is 0 Å². The highest BCUT2D eigenvalue weighted by Crippen LogP contribution is 2.18. The zero-order valence-electron chi connectivity index (χ0n) is 12.7. The summed E-state index contributed by atoms with van der Waals surface area (Å²) in [5.74, 6) is 0. The second-order valence-corrected chi connectivity index (χ2v) is 5.74. The normalized spacial score (nSPS) is 42.6. The summed E-state index contributed by atoms with van der Waals surface area (Å²) in [6.07, 6.45) is 1.69. The molecule has 19 heavy (non-hydrogen) atoms. The Labute approximate surface area is 119 Å². The lowest BCUT2D eigenvalue weighted by Gasteiger charge is -1.62. The van der Waals surface area contributed by atoms with Gasteiger partial charge in [0.1, 0.15) is 0 Å². The maximum atomic E-state index is 4.92. The molecule has 2 N–H and O–H groups in total. The van der Waals surface area contributed by atoms with Gasteiger partial charge in [-0.2, -0.15) is 0 Å². The molecule has 0 radical (unpaired) electrons. The van der Waals surface area contributed by atoms with E-state index in [9.17, 15) is 0 Å². The van der Waals surface area contributed by atoms with Gasteiger partial charge in [0.25, 0.3) is 0 Å². The van der Waals surface area contributed by atoms with Crippen molar-refractivity contribution >= 4 is 0 Å². The fourth-order valence-electron chi connectivity index (χ4n) is 0.866. The highest BCUT2D eigenvalue weighted by molar-refractivity contribution is 4.89. The number of rotatable bonds is 0. The van der Waals surface area contributed by atoms with Crippen molar-refractivity contribution in [3.8, 4) is 0 Å². The van der Waals surface area contributed by atoms with Crippen molar-refractivity contribution in [1.29, 1.82) is 0 Å². The van der Waals surface area contributed by atoms with E-state index in [1.807, 2.05) is 0 Å². The summed E-state index contributed by atoms with van der Waals surface area (Å²) in [5.41, 5.74) is 0. The third-order valence-corrected chi connectivity index (χ3v) is 3.29. The minimum atomic E-state index is 0. The molecule has 4 heterocycles. The second kappa shape index (κ2) is 8.90. The monoisotopic (exact) mass is 274 g/mol. The van der Waals surface area contributed by atoms with Gasteiger partial charge in [-0.1, -0.05) is 7.43 Å². The maximum Gasteiger partial charge on any atom is 0.0811 e. The predicted molar refractivity (Wildman–Crippen MR) is 81.7 cm³/mol. The summed E-state index contributed by atoms with van der Waals surface area (Å²) < 4.78 is 9.62. The lowest BCUT2D eigenvalue weighted by Crippen LogP contribution is -1.74. The predicted octanol–water partition coefficient (Wildman–Crippen LogP) is 2.18. The fourth-order valence-corrected chi connectivity index (χ4v) is 0.866. The third-order valence-electron chi connectivity index (χ3n) is 3.29. The molecular weight excluding hydrogens is 240 g/mol. The standard InChI is InChI=1S/C4H9N.C4H8O.C3H7N.C3H6O.CH4/c2*1-3-4(2)5-3;2*1-3-2-4-3;/h3-5H,1-2H3;3-4H,1-2H3;3-4H,2H2,1H3;3H,2H2,1H3;1H4. The minimum absolute atomic E-state index is 0. The minimum Gasteiger partial charge on any atom is -0.373 e. The molecule has 0 aromatic carbocycles. The van der Waals surface area contributed by atoms with Crippen LogP contribution in [0.15, 0.2) is 0 Å². The first-order chi connectivity index (χ1) is 8.40. The van der Waals surface area contributed by atoms with Gasteiger partial charge in [-0.25, -0.2) is 0 Å². The number of ether oxygens (including phenoxy) is 2. The van der Waals surface area contributed by atoms with Crippen molar-refractivity contribution in [1.82, 2.24) is 10.6 Å². The Kier molecular flexibility index (Phi) is 8.83. The van der Waals surface area contributed by atoms with Gasteiger partial charge in [0.2, 0.25) is 0 Å². The Hall–Kier alpha value is -0.160. The quantitative estimate of drug-likeness (QED) is 0.664. The molecule has 6 unspecified atom stereocenters. The van der Waals surface area contributed by atoms with Crippen LogP contribution in [0, 0.1) is 0 Å². The molecule has 4 rings (SSSR count). The van der Waals surface area contributed by atoms with E-state index in [2.05, 4.69) is 52.2 Å². The van der Waals surface area contributed by atoms with E-state index >= 15 is 0 Å². The van der Waals surface area contributed by atoms with Gasteiger partial charge >= 0.3 is 0 Å². The SMILES string of the molecule is C.CC1CN1.CC1CO1.CC1NC1C.CC1OC1C. The van der Waals surface area contributed by atoms with E-state index in [1.54, 1.807) is 0 Å². The molecule has 116 valence electrons. The first kappa shape index (κ1) is 18.8. The van der Waals surface area contributed by atoms with Gasteiger partial charge in [0.05, 0.1) is 24.9 Å². The molecule has 0 saturated carbocycles. The summed E-state index contributed by atoms with van der Waals surface area (Å²) in [4.78, 5) is 0. The number of epoxide rings is 2. The molecular formula is C15H34N2O2. The summed E-state index contributed by atoms with van der Waals surface area (Å²) in [5, 5.41) is 6.29. The van der Waals surface area contributed by atoms with Crippen LogP contribution in [0.2, 0.25) is 0 Å². The summed E-state index contributed by atoms with van der Waals surface area (Å²) in [6, 6.07) is 2.44. The van der Waals surface area contributed by atoms with Crippen molar-refractivity contribution in [2.24, 2.45) is 0 Å². The van der Waals surface area contributed by atoms with Crippen LogP contribution in [0.5, 0.6) is 0 Å². The van der Waals surface area contributed by atoms with Crippen LogP contribution >= 0.6 is 0 Å². The lowest BCUT2D eigenvalue weighted by atomic mass is 10.4. The molecule has 4 aliphatic rings. The van der Waals surface area contributed by atoms with E-state index in [-0.39, 0.29) is 7.43 Å². The Morgan fingerprint density at radius 3 is 1.11 bits per heavy atom. The first-order valence-electron chi connectivity index (χ1n) is 7.16. The largest absolute Gasteiger partial charge is 0.373 e. The molecule has 0 spiro atoms. The Morgan fingerprint density at radius 1 is 0.895 bits per heavy atom. The van der Waals surface area contributed by atoms with Crippen LogP contribution in [-0.2, 0) is 9.47 Å². The number of hydrogen-bond donors (Lipinski definition) is 2. The lowest BCUT2D eigenvalue weighted by molar-refractivity contribution is 0.389. The highest BCUT2D eigenvalue weighted by Gasteiger charge is 2.27. The average molecular weight is 274 g/mol. The summed E-state index contributed by atoms with van der Waals surface area (Å²) in [6.45, 7) is 15.0. The smallest absolute Gasteiger partial charge is 0.0811 e. The van der Waals surface area contributed by atoms with Gasteiger partial charge in [-0.15, -0.1) is 0 Å². The summed E-state index contributed by atoms with van der Waals surface area (Å²) in [7, 11) is 0. The molecule has 4 heteroatoms. The third kappa shape index (κ3) is 14.1. The van der Waals surface area contributed by atoms with Crippen molar-refractivity contribution in [3.05, 3.63) is 0 Å². The van der Waals surface area contributed by atoms with E-state index in [1.165, 1.54) is 6.54 Å². The van der Waals surface area contributed by atoms with Crippen LogP contribution in [0.4, 0.5) is 0 Å². The van der Waals surface area contributed by atoms with Gasteiger partial charge in [-0.3, -0.25) is 0 Å². The van der Waals surface area contributed by atoms with Gasteiger partial charge in [-0.05, 0) is 41.5 Å². The molecule has 6 atom stereocenters. The van der Waals surface area contributed by atoms with Crippen molar-refractivity contribution in [2.45, 2.75) is 85.4 Å². The Balaban J connectivity index is 0.000000225. The van der Waals surface area contributed by atoms with Gasteiger partial charge in [0, 0.05) is 24.7 Å². The maximum absolute atomic E-state index is 4.92. The second-order valence-electron chi connectivity index (χ2n) is 5.74. The number of nitrogens with one attached hydrogen (secondary N) is 2. The molecule has 4 nitrogen and oxygen atoms in total. The molecule has 0 bridgehead atoms. The fraction of sp³-hybridized carbons (Fsp3) is 1.00. The van der Waals surface area contributed by atoms with Crippen molar-refractivity contribution < 1.29 is 9.47 Å². The average Bonchev–Trinajstić information content (AvgIpc) is 3.03. The van der Waals surface area contributed by atoms with Gasteiger partial charge in [0.15, 0.2) is 0 Å². The van der Waals surface area contributed by atoms with Crippen molar-refractivity contribution in [2.75, 3.05) is 13.2 Å². The topological polar surface area (TPSA) is 68.9 Å². The van der Waals surface area contributed by atoms with Crippen LogP contribution in [0.1, 0.15) is 49.0 Å². The zero-order valence-corrected chi connectivity index (χ0v) is 12.7. The molecule has 4 aliphatic heterocycles. The van der Waals surface area contributed by atoms with Crippen LogP contribution < -0.4 is 10.6 Å². The van der Waals surface area contributed by atoms with Crippen LogP contribution in [0.25, 0.3) is 0 Å².